The lowest BCUT2D eigenvalue weighted by Crippen LogP contribution is -2.22. The number of imidazole rings is 1. The van der Waals surface area contributed by atoms with Crippen LogP contribution in [-0.2, 0) is 21.3 Å². The van der Waals surface area contributed by atoms with E-state index in [2.05, 4.69) is 24.6 Å². The van der Waals surface area contributed by atoms with Gasteiger partial charge >= 0.3 is 0 Å². The lowest BCUT2D eigenvalue weighted by Gasteiger charge is -2.16. The van der Waals surface area contributed by atoms with Crippen LogP contribution in [0.3, 0.4) is 0 Å². The van der Waals surface area contributed by atoms with Gasteiger partial charge in [0.15, 0.2) is 15.7 Å². The van der Waals surface area contributed by atoms with Crippen LogP contribution < -0.4 is 4.74 Å². The molecule has 9 heteroatoms. The molecule has 0 N–H and O–H groups in total. The molecule has 0 amide bonds. The fourth-order valence-corrected chi connectivity index (χ4v) is 5.19. The van der Waals surface area contributed by atoms with Crippen molar-refractivity contribution in [2.75, 3.05) is 12.4 Å². The van der Waals surface area contributed by atoms with Crippen molar-refractivity contribution in [3.8, 4) is 23.0 Å². The van der Waals surface area contributed by atoms with Crippen molar-refractivity contribution in [2.45, 2.75) is 44.2 Å². The number of fused-ring (bicyclic) bond motifs is 1. The topological polar surface area (TPSA) is 83.3 Å². The molecular formula is C26H31N3O4SSi. The molecular weight excluding hydrogens is 478 g/mol. The highest BCUT2D eigenvalue weighted by Gasteiger charge is 2.17. The number of nitrogens with zero attached hydrogens (tertiary/aromatic N) is 3. The molecule has 2 aromatic heterocycles. The highest BCUT2D eigenvalue weighted by Crippen LogP contribution is 2.29. The van der Waals surface area contributed by atoms with Gasteiger partial charge in [-0.05, 0) is 54.6 Å². The summed E-state index contributed by atoms with van der Waals surface area (Å²) in [4.78, 5) is 9.61. The normalized spacial score (nSPS) is 12.2. The van der Waals surface area contributed by atoms with Gasteiger partial charge in [-0.25, -0.2) is 13.4 Å². The molecule has 4 rings (SSSR count). The molecule has 0 saturated carbocycles. The monoisotopic (exact) mass is 509 g/mol. The number of sulfone groups is 1. The lowest BCUT2D eigenvalue weighted by atomic mass is 10.3. The lowest BCUT2D eigenvalue weighted by molar-refractivity contribution is 0.0909. The van der Waals surface area contributed by atoms with Crippen LogP contribution in [0.1, 0.15) is 6.92 Å². The molecule has 4 aromatic rings. The van der Waals surface area contributed by atoms with E-state index in [0.29, 0.717) is 24.8 Å². The molecule has 0 aliphatic heterocycles. The summed E-state index contributed by atoms with van der Waals surface area (Å²) < 4.78 is 38.2. The summed E-state index contributed by atoms with van der Waals surface area (Å²) in [7, 11) is -4.43. The summed E-state index contributed by atoms with van der Waals surface area (Å²) in [6.07, 6.45) is 1.75. The minimum Gasteiger partial charge on any atom is -0.457 e. The van der Waals surface area contributed by atoms with E-state index in [1.165, 1.54) is 0 Å². The molecule has 0 radical (unpaired) electrons. The fourth-order valence-electron chi connectivity index (χ4n) is 3.55. The van der Waals surface area contributed by atoms with Gasteiger partial charge in [-0.2, -0.15) is 0 Å². The summed E-state index contributed by atoms with van der Waals surface area (Å²) in [5.41, 5.74) is 2.46. The van der Waals surface area contributed by atoms with Gasteiger partial charge in [0.25, 0.3) is 0 Å². The highest BCUT2D eigenvalue weighted by molar-refractivity contribution is 7.91. The van der Waals surface area contributed by atoms with Crippen molar-refractivity contribution in [1.29, 1.82) is 0 Å². The maximum atomic E-state index is 12.0. The van der Waals surface area contributed by atoms with E-state index < -0.39 is 17.9 Å². The number of hydrogen-bond acceptors (Lipinski definition) is 6. The fraction of sp³-hybridized carbons (Fsp3) is 0.308. The van der Waals surface area contributed by atoms with E-state index in [4.69, 9.17) is 14.5 Å². The van der Waals surface area contributed by atoms with Crippen LogP contribution in [0.15, 0.2) is 71.8 Å². The van der Waals surface area contributed by atoms with Crippen LogP contribution in [-0.4, -0.2) is 43.4 Å². The van der Waals surface area contributed by atoms with E-state index in [9.17, 15) is 8.42 Å². The van der Waals surface area contributed by atoms with Crippen LogP contribution >= 0.6 is 0 Å². The Morgan fingerprint density at radius 2 is 1.71 bits per heavy atom. The number of pyridine rings is 1. The largest absolute Gasteiger partial charge is 0.457 e. The summed E-state index contributed by atoms with van der Waals surface area (Å²) in [5.74, 6) is 1.96. The van der Waals surface area contributed by atoms with Gasteiger partial charge in [0.2, 0.25) is 0 Å². The first kappa shape index (κ1) is 25.1. The summed E-state index contributed by atoms with van der Waals surface area (Å²) in [5, 5.41) is 0. The number of hydrogen-bond donors (Lipinski definition) is 0. The third kappa shape index (κ3) is 6.16. The second-order valence-electron chi connectivity index (χ2n) is 9.55. The molecule has 0 atom stereocenters. The molecule has 0 unspecified atom stereocenters. The minimum absolute atomic E-state index is 0.0625. The van der Waals surface area contributed by atoms with Gasteiger partial charge < -0.3 is 9.47 Å². The molecule has 184 valence electrons. The van der Waals surface area contributed by atoms with Gasteiger partial charge in [-0.15, -0.1) is 0 Å². The number of rotatable bonds is 10. The van der Waals surface area contributed by atoms with Crippen molar-refractivity contribution >= 4 is 28.9 Å². The van der Waals surface area contributed by atoms with Crippen molar-refractivity contribution < 1.29 is 17.9 Å². The SMILES string of the molecule is CCS(=O)(=O)c1ccc(Oc2ccc3c(c2)nc(-c2ccccn2)n3COCC[Si](C)(C)C)cc1. The van der Waals surface area contributed by atoms with E-state index >= 15 is 0 Å². The summed E-state index contributed by atoms with van der Waals surface area (Å²) in [6, 6.07) is 19.0. The minimum atomic E-state index is -3.25. The van der Waals surface area contributed by atoms with Crippen molar-refractivity contribution in [2.24, 2.45) is 0 Å². The van der Waals surface area contributed by atoms with Gasteiger partial charge in [-0.3, -0.25) is 9.55 Å². The Morgan fingerprint density at radius 1 is 0.971 bits per heavy atom. The molecule has 35 heavy (non-hydrogen) atoms. The third-order valence-electron chi connectivity index (χ3n) is 5.63. The number of benzene rings is 2. The molecule has 0 aliphatic carbocycles. The Bertz CT molecular complexity index is 1400. The van der Waals surface area contributed by atoms with Crippen LogP contribution in [0.25, 0.3) is 22.6 Å². The van der Waals surface area contributed by atoms with Gasteiger partial charge in [0.05, 0.1) is 21.7 Å². The maximum absolute atomic E-state index is 12.0. The average molecular weight is 510 g/mol. The van der Waals surface area contributed by atoms with Crippen LogP contribution in [0.2, 0.25) is 25.7 Å². The first-order valence-electron chi connectivity index (χ1n) is 11.7. The van der Waals surface area contributed by atoms with E-state index in [1.807, 2.05) is 41.0 Å². The Hall–Kier alpha value is -3.01. The van der Waals surface area contributed by atoms with Crippen LogP contribution in [0, 0.1) is 0 Å². The predicted molar refractivity (Wildman–Crippen MR) is 141 cm³/mol. The highest BCUT2D eigenvalue weighted by atomic mass is 32.2. The quantitative estimate of drug-likeness (QED) is 0.193. The van der Waals surface area contributed by atoms with Gasteiger partial charge in [-0.1, -0.05) is 32.6 Å². The van der Waals surface area contributed by atoms with Gasteiger partial charge in [0, 0.05) is 26.9 Å². The van der Waals surface area contributed by atoms with Crippen molar-refractivity contribution in [1.82, 2.24) is 14.5 Å². The van der Waals surface area contributed by atoms with E-state index in [1.54, 1.807) is 37.4 Å². The van der Waals surface area contributed by atoms with Crippen molar-refractivity contribution in [3.63, 3.8) is 0 Å². The first-order valence-corrected chi connectivity index (χ1v) is 17.0. The zero-order valence-corrected chi connectivity index (χ0v) is 22.4. The Morgan fingerprint density at radius 3 is 2.37 bits per heavy atom. The molecule has 0 fully saturated rings. The maximum Gasteiger partial charge on any atom is 0.178 e. The Kier molecular flexibility index (Phi) is 7.39. The predicted octanol–water partition coefficient (Wildman–Crippen LogP) is 6.00. The standard InChI is InChI=1S/C26H31N3O4SSi/c1-5-34(30,31)22-12-9-20(10-13-22)33-21-11-14-25-24(18-21)28-26(23-8-6-7-15-27-23)29(25)19-32-16-17-35(2,3)4/h6-15,18H,5,16-17,19H2,1-4H3. The molecule has 0 saturated heterocycles. The molecule has 0 aliphatic rings. The number of aromatic nitrogens is 3. The first-order chi connectivity index (χ1) is 16.7. The second kappa shape index (κ2) is 10.3. The molecule has 2 aromatic carbocycles. The zero-order valence-electron chi connectivity index (χ0n) is 20.6. The molecule has 0 spiro atoms. The number of ether oxygens (including phenoxy) is 2. The molecule has 0 bridgehead atoms. The second-order valence-corrected chi connectivity index (χ2v) is 17.5. The summed E-state index contributed by atoms with van der Waals surface area (Å²) in [6.45, 7) is 9.73. The molecule has 7 nitrogen and oxygen atoms in total. The molecule has 2 heterocycles. The summed E-state index contributed by atoms with van der Waals surface area (Å²) >= 11 is 0. The van der Waals surface area contributed by atoms with Crippen LogP contribution in [0.5, 0.6) is 11.5 Å². The van der Waals surface area contributed by atoms with Gasteiger partial charge in [0.1, 0.15) is 23.9 Å². The average Bonchev–Trinajstić information content (AvgIpc) is 3.20. The van der Waals surface area contributed by atoms with E-state index in [0.717, 1.165) is 28.6 Å². The zero-order chi connectivity index (χ0) is 25.1. The third-order valence-corrected chi connectivity index (χ3v) is 9.08. The Balaban J connectivity index is 1.61. The Labute approximate surface area is 207 Å². The van der Waals surface area contributed by atoms with Crippen molar-refractivity contribution in [3.05, 3.63) is 66.9 Å². The van der Waals surface area contributed by atoms with E-state index in [-0.39, 0.29) is 10.6 Å². The van der Waals surface area contributed by atoms with Crippen LogP contribution in [0.4, 0.5) is 0 Å². The smallest absolute Gasteiger partial charge is 0.178 e.